The Bertz CT molecular complexity index is 341. The highest BCUT2D eigenvalue weighted by molar-refractivity contribution is 6.30. The molecule has 5 heteroatoms. The smallest absolute Gasteiger partial charge is 0.266 e. The number of carbonyl (C=O) groups excluding carboxylic acids is 1. The third kappa shape index (κ3) is 2.01. The Labute approximate surface area is 78.5 Å². The molecule has 1 aromatic rings. The molecule has 0 aromatic carbocycles. The average molecular weight is 206 g/mol. The van der Waals surface area contributed by atoms with Crippen molar-refractivity contribution in [1.29, 1.82) is 0 Å². The van der Waals surface area contributed by atoms with Gasteiger partial charge in [-0.15, -0.1) is 0 Å². The number of aldehydes is 1. The third-order valence-corrected chi connectivity index (χ3v) is 1.88. The standard InChI is InChI=1S/C8H6ClF2NO/c1-4-2-5(8(10)11)7(9)12-6(4)3-13/h2-3,8H,1H3. The molecule has 0 aliphatic rings. The predicted octanol–water partition coefficient (Wildman–Crippen LogP) is 2.79. The van der Waals surface area contributed by atoms with Crippen molar-refractivity contribution < 1.29 is 13.6 Å². The number of aryl methyl sites for hydroxylation is 1. The van der Waals surface area contributed by atoms with E-state index in [1.807, 2.05) is 0 Å². The minimum atomic E-state index is -2.67. The summed E-state index contributed by atoms with van der Waals surface area (Å²) in [5.41, 5.74) is 0.147. The number of hydrogen-bond donors (Lipinski definition) is 0. The Morgan fingerprint density at radius 3 is 2.69 bits per heavy atom. The van der Waals surface area contributed by atoms with E-state index in [2.05, 4.69) is 4.98 Å². The lowest BCUT2D eigenvalue weighted by Crippen LogP contribution is -1.97. The van der Waals surface area contributed by atoms with Crippen molar-refractivity contribution in [3.8, 4) is 0 Å². The molecule has 13 heavy (non-hydrogen) atoms. The Hall–Kier alpha value is -1.03. The zero-order chi connectivity index (χ0) is 10.0. The van der Waals surface area contributed by atoms with Gasteiger partial charge >= 0.3 is 0 Å². The second kappa shape index (κ2) is 3.79. The van der Waals surface area contributed by atoms with Gasteiger partial charge in [0.1, 0.15) is 10.8 Å². The molecule has 1 heterocycles. The summed E-state index contributed by atoms with van der Waals surface area (Å²) in [6.45, 7) is 1.53. The monoisotopic (exact) mass is 205 g/mol. The van der Waals surface area contributed by atoms with E-state index >= 15 is 0 Å². The van der Waals surface area contributed by atoms with Gasteiger partial charge in [0.2, 0.25) is 0 Å². The second-order valence-electron chi connectivity index (χ2n) is 2.49. The number of nitrogens with zero attached hydrogens (tertiary/aromatic N) is 1. The Morgan fingerprint density at radius 1 is 1.62 bits per heavy atom. The van der Waals surface area contributed by atoms with Gasteiger partial charge in [0.15, 0.2) is 6.29 Å². The molecule has 0 aliphatic carbocycles. The van der Waals surface area contributed by atoms with Crippen molar-refractivity contribution in [3.63, 3.8) is 0 Å². The van der Waals surface area contributed by atoms with Crippen molar-refractivity contribution in [2.24, 2.45) is 0 Å². The molecule has 0 spiro atoms. The van der Waals surface area contributed by atoms with Gasteiger partial charge in [-0.05, 0) is 18.6 Å². The van der Waals surface area contributed by atoms with E-state index in [1.165, 1.54) is 13.0 Å². The highest BCUT2D eigenvalue weighted by Gasteiger charge is 2.15. The van der Waals surface area contributed by atoms with Gasteiger partial charge in [0.25, 0.3) is 6.43 Å². The molecule has 0 atom stereocenters. The van der Waals surface area contributed by atoms with E-state index in [1.54, 1.807) is 0 Å². The van der Waals surface area contributed by atoms with Crippen molar-refractivity contribution in [2.45, 2.75) is 13.3 Å². The fourth-order valence-corrected chi connectivity index (χ4v) is 1.13. The van der Waals surface area contributed by atoms with Crippen LogP contribution in [0.25, 0.3) is 0 Å². The number of aromatic nitrogens is 1. The number of carbonyl (C=O) groups is 1. The van der Waals surface area contributed by atoms with E-state index in [0.717, 1.165) is 0 Å². The summed E-state index contributed by atoms with van der Waals surface area (Å²) >= 11 is 5.43. The Morgan fingerprint density at radius 2 is 2.23 bits per heavy atom. The minimum absolute atomic E-state index is 0.0920. The lowest BCUT2D eigenvalue weighted by molar-refractivity contribution is 0.111. The minimum Gasteiger partial charge on any atom is -0.296 e. The van der Waals surface area contributed by atoms with Crippen molar-refractivity contribution >= 4 is 17.9 Å². The molecule has 0 radical (unpaired) electrons. The Kier molecular flexibility index (Phi) is 2.93. The normalized spacial score (nSPS) is 10.5. The molecule has 0 aliphatic heterocycles. The maximum Gasteiger partial charge on any atom is 0.266 e. The van der Waals surface area contributed by atoms with Crippen LogP contribution in [-0.4, -0.2) is 11.3 Å². The summed E-state index contributed by atoms with van der Waals surface area (Å²) in [5, 5.41) is -0.317. The number of alkyl halides is 2. The molecule has 0 amide bonds. The van der Waals surface area contributed by atoms with Crippen LogP contribution in [0.2, 0.25) is 5.15 Å². The summed E-state index contributed by atoms with van der Waals surface area (Å²) < 4.78 is 24.5. The van der Waals surface area contributed by atoms with E-state index < -0.39 is 6.43 Å². The molecule has 0 unspecified atom stereocenters. The SMILES string of the molecule is Cc1cc(C(F)F)c(Cl)nc1C=O. The zero-order valence-corrected chi connectivity index (χ0v) is 7.48. The number of rotatable bonds is 2. The largest absolute Gasteiger partial charge is 0.296 e. The van der Waals surface area contributed by atoms with E-state index in [4.69, 9.17) is 11.6 Å². The molecular formula is C8H6ClF2NO. The first-order valence-corrected chi connectivity index (χ1v) is 3.84. The van der Waals surface area contributed by atoms with Crippen LogP contribution in [-0.2, 0) is 0 Å². The first-order chi connectivity index (χ1) is 6.06. The molecule has 0 fully saturated rings. The van der Waals surface area contributed by atoms with Crippen molar-refractivity contribution in [1.82, 2.24) is 4.98 Å². The summed E-state index contributed by atoms with van der Waals surface area (Å²) in [6.07, 6.45) is -2.18. The molecule has 1 rings (SSSR count). The molecule has 2 nitrogen and oxygen atoms in total. The molecule has 0 saturated carbocycles. The predicted molar refractivity (Wildman–Crippen MR) is 44.3 cm³/mol. The summed E-state index contributed by atoms with van der Waals surface area (Å²) in [7, 11) is 0. The first-order valence-electron chi connectivity index (χ1n) is 3.46. The van der Waals surface area contributed by atoms with Crippen LogP contribution < -0.4 is 0 Å². The van der Waals surface area contributed by atoms with Gasteiger partial charge in [-0.3, -0.25) is 4.79 Å². The zero-order valence-electron chi connectivity index (χ0n) is 6.72. The molecule has 70 valence electrons. The quantitative estimate of drug-likeness (QED) is 0.549. The number of pyridine rings is 1. The highest BCUT2D eigenvalue weighted by atomic mass is 35.5. The van der Waals surface area contributed by atoms with Crippen LogP contribution >= 0.6 is 11.6 Å². The van der Waals surface area contributed by atoms with Crippen LogP contribution in [0.15, 0.2) is 6.07 Å². The van der Waals surface area contributed by atoms with Crippen LogP contribution in [0.4, 0.5) is 8.78 Å². The first kappa shape index (κ1) is 10.1. The van der Waals surface area contributed by atoms with Gasteiger partial charge in [-0.2, -0.15) is 0 Å². The number of hydrogen-bond acceptors (Lipinski definition) is 2. The van der Waals surface area contributed by atoms with Crippen LogP contribution in [0, 0.1) is 6.92 Å². The molecule has 1 aromatic heterocycles. The molecule has 0 N–H and O–H groups in total. The maximum atomic E-state index is 12.2. The van der Waals surface area contributed by atoms with Gasteiger partial charge in [-0.25, -0.2) is 13.8 Å². The van der Waals surface area contributed by atoms with Crippen molar-refractivity contribution in [2.75, 3.05) is 0 Å². The topological polar surface area (TPSA) is 30.0 Å². The van der Waals surface area contributed by atoms with E-state index in [9.17, 15) is 13.6 Å². The summed E-state index contributed by atoms with van der Waals surface area (Å²) in [6, 6.07) is 1.17. The van der Waals surface area contributed by atoms with E-state index in [0.29, 0.717) is 11.8 Å². The molecule has 0 saturated heterocycles. The molecule has 0 bridgehead atoms. The van der Waals surface area contributed by atoms with Crippen LogP contribution in [0.1, 0.15) is 28.0 Å². The van der Waals surface area contributed by atoms with Gasteiger partial charge in [0, 0.05) is 0 Å². The maximum absolute atomic E-state index is 12.2. The van der Waals surface area contributed by atoms with Crippen LogP contribution in [0.5, 0.6) is 0 Å². The van der Waals surface area contributed by atoms with Gasteiger partial charge in [0.05, 0.1) is 5.56 Å². The average Bonchev–Trinajstić information content (AvgIpc) is 2.07. The van der Waals surface area contributed by atoms with Gasteiger partial charge in [-0.1, -0.05) is 11.6 Å². The summed E-state index contributed by atoms with van der Waals surface area (Å²) in [4.78, 5) is 13.9. The fourth-order valence-electron chi connectivity index (χ4n) is 0.898. The van der Waals surface area contributed by atoms with Crippen molar-refractivity contribution in [3.05, 3.63) is 28.0 Å². The third-order valence-electron chi connectivity index (χ3n) is 1.58. The number of halogens is 3. The molecular weight excluding hydrogens is 200 g/mol. The van der Waals surface area contributed by atoms with Gasteiger partial charge < -0.3 is 0 Å². The highest BCUT2D eigenvalue weighted by Crippen LogP contribution is 2.26. The second-order valence-corrected chi connectivity index (χ2v) is 2.85. The van der Waals surface area contributed by atoms with Crippen LogP contribution in [0.3, 0.4) is 0 Å². The lowest BCUT2D eigenvalue weighted by atomic mass is 10.1. The fraction of sp³-hybridized carbons (Fsp3) is 0.250. The van der Waals surface area contributed by atoms with E-state index in [-0.39, 0.29) is 16.4 Å². The summed E-state index contributed by atoms with van der Waals surface area (Å²) in [5.74, 6) is 0. The lowest BCUT2D eigenvalue weighted by Gasteiger charge is -2.04. The Balaban J connectivity index is 3.28.